The first-order valence-electron chi connectivity index (χ1n) is 9.26. The first-order chi connectivity index (χ1) is 14.3. The Bertz CT molecular complexity index is 1070. The third-order valence-electron chi connectivity index (χ3n) is 4.58. The van der Waals surface area contributed by atoms with Gasteiger partial charge in [0.15, 0.2) is 5.16 Å². The maximum Gasteiger partial charge on any atom is 0.234 e. The molecule has 0 aliphatic heterocycles. The second-order valence-electron chi connectivity index (χ2n) is 6.77. The minimum atomic E-state index is -0.211. The van der Waals surface area contributed by atoms with Gasteiger partial charge >= 0.3 is 0 Å². The lowest BCUT2D eigenvalue weighted by molar-refractivity contribution is -0.116. The standard InChI is InChI=1S/C21H22ClN5O2S/c1-13-5-4-6-17(14(13)2)24-20(29)12-30-21-26-25-18(27(21)3)11-19(28)23-16-9-7-15(22)8-10-16/h4-10H,11-12H2,1-3H3,(H,23,28)(H,24,29). The number of hydrogen-bond acceptors (Lipinski definition) is 5. The SMILES string of the molecule is Cc1cccc(NC(=O)CSc2nnc(CC(=O)Nc3ccc(Cl)cc3)n2C)c1C. The molecule has 0 saturated carbocycles. The highest BCUT2D eigenvalue weighted by Crippen LogP contribution is 2.20. The zero-order valence-corrected chi connectivity index (χ0v) is 18.5. The minimum Gasteiger partial charge on any atom is -0.326 e. The third-order valence-corrected chi connectivity index (χ3v) is 5.86. The number of anilines is 2. The summed E-state index contributed by atoms with van der Waals surface area (Å²) in [5, 5.41) is 15.1. The monoisotopic (exact) mass is 443 g/mol. The van der Waals surface area contributed by atoms with E-state index in [1.807, 2.05) is 32.0 Å². The molecule has 1 aromatic heterocycles. The number of carbonyl (C=O) groups excluding carboxylic acids is 2. The lowest BCUT2D eigenvalue weighted by Gasteiger charge is -2.10. The molecule has 3 rings (SSSR count). The number of nitrogens with one attached hydrogen (secondary N) is 2. The Morgan fingerprint density at radius 3 is 2.50 bits per heavy atom. The fraction of sp³-hybridized carbons (Fsp3) is 0.238. The Morgan fingerprint density at radius 2 is 1.77 bits per heavy atom. The molecule has 2 amide bonds. The van der Waals surface area contributed by atoms with E-state index in [2.05, 4.69) is 20.8 Å². The summed E-state index contributed by atoms with van der Waals surface area (Å²) in [5.41, 5.74) is 3.63. The average Bonchev–Trinajstić information content (AvgIpc) is 3.05. The highest BCUT2D eigenvalue weighted by molar-refractivity contribution is 7.99. The van der Waals surface area contributed by atoms with Gasteiger partial charge in [-0.2, -0.15) is 0 Å². The Labute approximate surface area is 184 Å². The van der Waals surface area contributed by atoms with Crippen LogP contribution in [0.2, 0.25) is 5.02 Å². The number of aromatic nitrogens is 3. The van der Waals surface area contributed by atoms with Gasteiger partial charge in [0, 0.05) is 23.4 Å². The van der Waals surface area contributed by atoms with E-state index in [0.29, 0.717) is 21.7 Å². The van der Waals surface area contributed by atoms with E-state index < -0.39 is 0 Å². The predicted molar refractivity (Wildman–Crippen MR) is 120 cm³/mol. The summed E-state index contributed by atoms with van der Waals surface area (Å²) in [4.78, 5) is 24.6. The number of hydrogen-bond donors (Lipinski definition) is 2. The van der Waals surface area contributed by atoms with Crippen LogP contribution in [0.25, 0.3) is 0 Å². The summed E-state index contributed by atoms with van der Waals surface area (Å²) in [5.74, 6) is 0.366. The van der Waals surface area contributed by atoms with Crippen LogP contribution in [-0.2, 0) is 23.1 Å². The molecule has 0 fully saturated rings. The van der Waals surface area contributed by atoms with Gasteiger partial charge in [-0.05, 0) is 55.3 Å². The van der Waals surface area contributed by atoms with Gasteiger partial charge in [0.2, 0.25) is 11.8 Å². The molecule has 30 heavy (non-hydrogen) atoms. The number of nitrogens with zero attached hydrogens (tertiary/aromatic N) is 3. The number of benzene rings is 2. The first-order valence-corrected chi connectivity index (χ1v) is 10.6. The van der Waals surface area contributed by atoms with Gasteiger partial charge in [0.1, 0.15) is 5.82 Å². The highest BCUT2D eigenvalue weighted by atomic mass is 35.5. The van der Waals surface area contributed by atoms with Crippen molar-refractivity contribution in [2.24, 2.45) is 7.05 Å². The minimum absolute atomic E-state index is 0.0708. The van der Waals surface area contributed by atoms with Crippen molar-refractivity contribution in [1.29, 1.82) is 0 Å². The van der Waals surface area contributed by atoms with E-state index in [9.17, 15) is 9.59 Å². The molecular formula is C21H22ClN5O2S. The van der Waals surface area contributed by atoms with E-state index in [-0.39, 0.29) is 24.0 Å². The Kier molecular flexibility index (Phi) is 7.12. The van der Waals surface area contributed by atoms with Gasteiger partial charge < -0.3 is 15.2 Å². The number of halogens is 1. The van der Waals surface area contributed by atoms with Gasteiger partial charge in [-0.3, -0.25) is 9.59 Å². The molecule has 7 nitrogen and oxygen atoms in total. The van der Waals surface area contributed by atoms with Crippen LogP contribution in [0, 0.1) is 13.8 Å². The molecule has 2 N–H and O–H groups in total. The van der Waals surface area contributed by atoms with Crippen LogP contribution in [0.4, 0.5) is 11.4 Å². The molecule has 0 bridgehead atoms. The molecule has 0 atom stereocenters. The van der Waals surface area contributed by atoms with Crippen LogP contribution in [0.1, 0.15) is 17.0 Å². The van der Waals surface area contributed by atoms with Crippen molar-refractivity contribution in [3.63, 3.8) is 0 Å². The molecule has 0 radical (unpaired) electrons. The lowest BCUT2D eigenvalue weighted by atomic mass is 10.1. The number of carbonyl (C=O) groups is 2. The Hall–Kier alpha value is -2.84. The number of aryl methyl sites for hydroxylation is 1. The quantitative estimate of drug-likeness (QED) is 0.539. The molecule has 0 aliphatic carbocycles. The summed E-state index contributed by atoms with van der Waals surface area (Å²) in [6.07, 6.45) is 0.0708. The van der Waals surface area contributed by atoms with Crippen molar-refractivity contribution < 1.29 is 9.59 Å². The topological polar surface area (TPSA) is 88.9 Å². The van der Waals surface area contributed by atoms with Crippen LogP contribution in [0.15, 0.2) is 47.6 Å². The maximum atomic E-state index is 12.3. The van der Waals surface area contributed by atoms with E-state index in [1.54, 1.807) is 35.9 Å². The van der Waals surface area contributed by atoms with Gasteiger partial charge in [-0.1, -0.05) is 35.5 Å². The largest absolute Gasteiger partial charge is 0.326 e. The second kappa shape index (κ2) is 9.77. The first kappa shape index (κ1) is 21.9. The second-order valence-corrected chi connectivity index (χ2v) is 8.15. The van der Waals surface area contributed by atoms with Gasteiger partial charge in [-0.15, -0.1) is 10.2 Å². The van der Waals surface area contributed by atoms with Gasteiger partial charge in [-0.25, -0.2) is 0 Å². The van der Waals surface area contributed by atoms with Gasteiger partial charge in [0.25, 0.3) is 0 Å². The van der Waals surface area contributed by atoms with E-state index in [0.717, 1.165) is 16.8 Å². The van der Waals surface area contributed by atoms with Crippen molar-refractivity contribution in [3.05, 3.63) is 64.4 Å². The van der Waals surface area contributed by atoms with E-state index in [4.69, 9.17) is 11.6 Å². The zero-order valence-electron chi connectivity index (χ0n) is 16.9. The normalized spacial score (nSPS) is 10.7. The summed E-state index contributed by atoms with van der Waals surface area (Å²) < 4.78 is 1.72. The van der Waals surface area contributed by atoms with Crippen LogP contribution in [0.3, 0.4) is 0 Å². The molecule has 0 spiro atoms. The molecule has 9 heteroatoms. The summed E-state index contributed by atoms with van der Waals surface area (Å²) in [7, 11) is 1.77. The predicted octanol–water partition coefficient (Wildman–Crippen LogP) is 4.00. The molecule has 0 aliphatic rings. The van der Waals surface area contributed by atoms with Gasteiger partial charge in [0.05, 0.1) is 12.2 Å². The molecule has 3 aromatic rings. The van der Waals surface area contributed by atoms with E-state index in [1.165, 1.54) is 11.8 Å². The Morgan fingerprint density at radius 1 is 1.03 bits per heavy atom. The molecule has 0 unspecified atom stereocenters. The van der Waals surface area contributed by atoms with Crippen LogP contribution < -0.4 is 10.6 Å². The van der Waals surface area contributed by atoms with Crippen LogP contribution in [0.5, 0.6) is 0 Å². The van der Waals surface area contributed by atoms with Crippen molar-refractivity contribution in [2.75, 3.05) is 16.4 Å². The van der Waals surface area contributed by atoms with Crippen LogP contribution in [-0.4, -0.2) is 32.3 Å². The third kappa shape index (κ3) is 5.61. The van der Waals surface area contributed by atoms with Crippen molar-refractivity contribution in [1.82, 2.24) is 14.8 Å². The summed E-state index contributed by atoms with van der Waals surface area (Å²) in [6.45, 7) is 3.98. The fourth-order valence-electron chi connectivity index (χ4n) is 2.71. The fourth-order valence-corrected chi connectivity index (χ4v) is 3.57. The highest BCUT2D eigenvalue weighted by Gasteiger charge is 2.15. The van der Waals surface area contributed by atoms with Crippen molar-refractivity contribution in [3.8, 4) is 0 Å². The number of amides is 2. The molecule has 1 heterocycles. The molecule has 0 saturated heterocycles. The number of thioether (sulfide) groups is 1. The zero-order chi connectivity index (χ0) is 21.7. The van der Waals surface area contributed by atoms with E-state index >= 15 is 0 Å². The molecule has 156 valence electrons. The Balaban J connectivity index is 1.54. The average molecular weight is 444 g/mol. The van der Waals surface area contributed by atoms with Crippen molar-refractivity contribution >= 4 is 46.6 Å². The maximum absolute atomic E-state index is 12.3. The smallest absolute Gasteiger partial charge is 0.234 e. The molecule has 2 aromatic carbocycles. The summed E-state index contributed by atoms with van der Waals surface area (Å²) >= 11 is 7.12. The van der Waals surface area contributed by atoms with Crippen LogP contribution >= 0.6 is 23.4 Å². The number of rotatable bonds is 7. The van der Waals surface area contributed by atoms with Crippen molar-refractivity contribution in [2.45, 2.75) is 25.4 Å². The summed E-state index contributed by atoms with van der Waals surface area (Å²) in [6, 6.07) is 12.7. The lowest BCUT2D eigenvalue weighted by Crippen LogP contribution is -2.17. The molecular weight excluding hydrogens is 422 g/mol.